The van der Waals surface area contributed by atoms with Crippen LogP contribution in [0.4, 0.5) is 0 Å². The Morgan fingerprint density at radius 1 is 0.583 bits per heavy atom. The number of nitrogens with zero attached hydrogens (tertiary/aromatic N) is 2. The highest BCUT2D eigenvalue weighted by atomic mass is 16.5. The van der Waals surface area contributed by atoms with Gasteiger partial charge in [0.05, 0.1) is 26.2 Å². The lowest BCUT2D eigenvalue weighted by Gasteiger charge is -2.41. The summed E-state index contributed by atoms with van der Waals surface area (Å²) in [7, 11) is 0. The number of rotatable bonds is 9. The van der Waals surface area contributed by atoms with Crippen molar-refractivity contribution in [3.8, 4) is 22.6 Å². The Morgan fingerprint density at radius 3 is 1.25 bits per heavy atom. The minimum absolute atomic E-state index is 0.000382. The predicted octanol–water partition coefficient (Wildman–Crippen LogP) is 6.78. The number of hydrogen-bond donors (Lipinski definition) is 2. The first-order valence-electron chi connectivity index (χ1n) is 12.8. The van der Waals surface area contributed by atoms with E-state index in [2.05, 4.69) is 0 Å². The molecule has 36 heavy (non-hydrogen) atoms. The smallest absolute Gasteiger partial charge is 0.133 e. The molecular weight excluding hydrogens is 452 g/mol. The second-order valence-corrected chi connectivity index (χ2v) is 9.66. The van der Waals surface area contributed by atoms with Crippen molar-refractivity contribution in [2.75, 3.05) is 26.2 Å². The third-order valence-electron chi connectivity index (χ3n) is 7.67. The molecule has 0 aliphatic carbocycles. The van der Waals surface area contributed by atoms with Crippen molar-refractivity contribution in [1.29, 1.82) is 0 Å². The lowest BCUT2D eigenvalue weighted by molar-refractivity contribution is -0.890. The first-order chi connectivity index (χ1) is 17.2. The van der Waals surface area contributed by atoms with Gasteiger partial charge >= 0.3 is 0 Å². The molecule has 0 heterocycles. The standard InChI is InChI=1S/C30H36N2O4/c1-5-31(35,6-2)19-23-17-21-13-9-11-15-25(21)27(29(23)33)28-26-16-12-10-14-22(26)18-24(30(28)34)20-32(36,7-3)8-4/h9-18,33-34H,5-8,19-20H2,1-4H3. The highest BCUT2D eigenvalue weighted by molar-refractivity contribution is 6.10. The molecule has 0 aromatic heterocycles. The summed E-state index contributed by atoms with van der Waals surface area (Å²) < 4.78 is -0.914. The Kier molecular flexibility index (Phi) is 7.25. The van der Waals surface area contributed by atoms with Crippen molar-refractivity contribution in [3.05, 3.63) is 82.2 Å². The number of hydrogen-bond acceptors (Lipinski definition) is 4. The van der Waals surface area contributed by atoms with Gasteiger partial charge in [-0.2, -0.15) is 0 Å². The Labute approximate surface area is 213 Å². The van der Waals surface area contributed by atoms with E-state index in [9.17, 15) is 20.6 Å². The van der Waals surface area contributed by atoms with Crippen LogP contribution >= 0.6 is 0 Å². The van der Waals surface area contributed by atoms with Gasteiger partial charge in [0.1, 0.15) is 24.6 Å². The normalized spacial score (nSPS) is 12.5. The summed E-state index contributed by atoms with van der Waals surface area (Å²) in [6.45, 7) is 9.22. The maximum Gasteiger partial charge on any atom is 0.133 e. The van der Waals surface area contributed by atoms with Gasteiger partial charge in [-0.25, -0.2) is 0 Å². The summed E-state index contributed by atoms with van der Waals surface area (Å²) in [6.07, 6.45) is 0. The molecule has 6 heteroatoms. The quantitative estimate of drug-likeness (QED) is 0.201. The number of phenolic OH excluding ortho intramolecular Hbond substituents is 2. The largest absolute Gasteiger partial charge is 0.633 e. The topological polar surface area (TPSA) is 86.6 Å². The van der Waals surface area contributed by atoms with Crippen LogP contribution in [0, 0.1) is 10.4 Å². The molecule has 0 atom stereocenters. The number of quaternary nitrogens is 2. The summed E-state index contributed by atoms with van der Waals surface area (Å²) in [5.74, 6) is 0.000764. The minimum Gasteiger partial charge on any atom is -0.633 e. The first kappa shape index (κ1) is 25.9. The predicted molar refractivity (Wildman–Crippen MR) is 147 cm³/mol. The Balaban J connectivity index is 2.08. The fraction of sp³-hybridized carbons (Fsp3) is 0.333. The molecule has 0 saturated carbocycles. The maximum absolute atomic E-state index is 13.2. The fourth-order valence-corrected chi connectivity index (χ4v) is 5.05. The Morgan fingerprint density at radius 2 is 0.917 bits per heavy atom. The van der Waals surface area contributed by atoms with Gasteiger partial charge in [0.2, 0.25) is 0 Å². The van der Waals surface area contributed by atoms with E-state index in [0.717, 1.165) is 21.5 Å². The monoisotopic (exact) mass is 488 g/mol. The van der Waals surface area contributed by atoms with Crippen LogP contribution in [-0.4, -0.2) is 45.7 Å². The SMILES string of the molecule is CC[N+]([O-])(CC)Cc1cc2ccccc2c(-c2c(O)c(C[N+]([O-])(CC)CC)cc3ccccc23)c1O. The zero-order chi connectivity index (χ0) is 26.1. The fourth-order valence-electron chi connectivity index (χ4n) is 5.05. The zero-order valence-corrected chi connectivity index (χ0v) is 21.6. The molecule has 0 aliphatic rings. The van der Waals surface area contributed by atoms with Crippen LogP contribution in [-0.2, 0) is 13.1 Å². The van der Waals surface area contributed by atoms with Crippen molar-refractivity contribution in [3.63, 3.8) is 0 Å². The summed E-state index contributed by atoms with van der Waals surface area (Å²) in [6, 6.07) is 19.1. The van der Waals surface area contributed by atoms with Gasteiger partial charge in [0.25, 0.3) is 0 Å². The van der Waals surface area contributed by atoms with E-state index in [1.54, 1.807) is 0 Å². The van der Waals surface area contributed by atoms with Crippen LogP contribution < -0.4 is 0 Å². The van der Waals surface area contributed by atoms with Crippen molar-refractivity contribution in [2.45, 2.75) is 40.8 Å². The lowest BCUT2D eigenvalue weighted by Crippen LogP contribution is -2.40. The molecule has 0 bridgehead atoms. The highest BCUT2D eigenvalue weighted by Gasteiger charge is 2.26. The molecule has 0 amide bonds. The van der Waals surface area contributed by atoms with Gasteiger partial charge < -0.3 is 29.9 Å². The molecule has 0 saturated heterocycles. The third-order valence-corrected chi connectivity index (χ3v) is 7.67. The number of benzene rings is 4. The number of aromatic hydroxyl groups is 2. The molecule has 0 unspecified atom stereocenters. The van der Waals surface area contributed by atoms with E-state index < -0.39 is 9.29 Å². The molecule has 4 aromatic carbocycles. The van der Waals surface area contributed by atoms with E-state index in [1.165, 1.54) is 0 Å². The average molecular weight is 489 g/mol. The molecule has 0 fully saturated rings. The van der Waals surface area contributed by atoms with Crippen LogP contribution in [0.25, 0.3) is 32.7 Å². The van der Waals surface area contributed by atoms with E-state index >= 15 is 0 Å². The van der Waals surface area contributed by atoms with E-state index in [1.807, 2.05) is 88.4 Å². The summed E-state index contributed by atoms with van der Waals surface area (Å²) >= 11 is 0. The van der Waals surface area contributed by atoms with Crippen molar-refractivity contribution >= 4 is 21.5 Å². The van der Waals surface area contributed by atoms with Crippen molar-refractivity contribution in [2.24, 2.45) is 0 Å². The van der Waals surface area contributed by atoms with E-state index in [0.29, 0.717) is 48.4 Å². The minimum atomic E-state index is -0.457. The third kappa shape index (κ3) is 4.65. The number of fused-ring (bicyclic) bond motifs is 2. The van der Waals surface area contributed by atoms with Crippen LogP contribution in [0.1, 0.15) is 38.8 Å². The summed E-state index contributed by atoms with van der Waals surface area (Å²) in [5, 5.41) is 53.1. The maximum atomic E-state index is 13.2. The van der Waals surface area contributed by atoms with Gasteiger partial charge in [0.15, 0.2) is 0 Å². The van der Waals surface area contributed by atoms with E-state index in [-0.39, 0.29) is 24.6 Å². The summed E-state index contributed by atoms with van der Waals surface area (Å²) in [5.41, 5.74) is 2.09. The van der Waals surface area contributed by atoms with Crippen molar-refractivity contribution in [1.82, 2.24) is 0 Å². The summed E-state index contributed by atoms with van der Waals surface area (Å²) in [4.78, 5) is 0. The van der Waals surface area contributed by atoms with Crippen LogP contribution in [0.5, 0.6) is 11.5 Å². The molecule has 4 aromatic rings. The van der Waals surface area contributed by atoms with Gasteiger partial charge in [-0.3, -0.25) is 0 Å². The average Bonchev–Trinajstić information content (AvgIpc) is 2.90. The van der Waals surface area contributed by atoms with Crippen LogP contribution in [0.15, 0.2) is 60.7 Å². The second kappa shape index (κ2) is 10.1. The molecule has 0 spiro atoms. The second-order valence-electron chi connectivity index (χ2n) is 9.66. The molecule has 2 N–H and O–H groups in total. The molecule has 190 valence electrons. The Bertz CT molecular complexity index is 1280. The van der Waals surface area contributed by atoms with Crippen LogP contribution in [0.3, 0.4) is 0 Å². The highest BCUT2D eigenvalue weighted by Crippen LogP contribution is 2.48. The van der Waals surface area contributed by atoms with Gasteiger partial charge in [-0.05, 0) is 61.4 Å². The number of phenols is 2. The van der Waals surface area contributed by atoms with E-state index in [4.69, 9.17) is 0 Å². The molecule has 0 aliphatic heterocycles. The number of hydroxylamine groups is 6. The lowest BCUT2D eigenvalue weighted by atomic mass is 9.88. The first-order valence-corrected chi connectivity index (χ1v) is 12.8. The van der Waals surface area contributed by atoms with Gasteiger partial charge in [-0.15, -0.1) is 0 Å². The molecule has 0 radical (unpaired) electrons. The van der Waals surface area contributed by atoms with Crippen molar-refractivity contribution < 1.29 is 19.5 Å². The zero-order valence-electron chi connectivity index (χ0n) is 21.6. The van der Waals surface area contributed by atoms with Gasteiger partial charge in [-0.1, -0.05) is 48.5 Å². The van der Waals surface area contributed by atoms with Crippen LogP contribution in [0.2, 0.25) is 0 Å². The Hall–Kier alpha value is -3.16. The molecular formula is C30H36N2O4. The molecule has 6 nitrogen and oxygen atoms in total. The molecule has 4 rings (SSSR count). The van der Waals surface area contributed by atoms with Gasteiger partial charge in [0, 0.05) is 22.3 Å².